The quantitative estimate of drug-likeness (QED) is 0.412. The molecule has 2 fully saturated rings. The van der Waals surface area contributed by atoms with E-state index in [1.807, 2.05) is 32.9 Å². The summed E-state index contributed by atoms with van der Waals surface area (Å²) in [4.78, 5) is 37.8. The van der Waals surface area contributed by atoms with Crippen LogP contribution in [0.1, 0.15) is 73.9 Å². The molecule has 0 saturated carbocycles. The van der Waals surface area contributed by atoms with Gasteiger partial charge in [-0.2, -0.15) is 13.2 Å². The Morgan fingerprint density at radius 2 is 1.50 bits per heavy atom. The Bertz CT molecular complexity index is 1260. The van der Waals surface area contributed by atoms with Gasteiger partial charge >= 0.3 is 12.1 Å². The summed E-state index contributed by atoms with van der Waals surface area (Å²) in [6.07, 6.45) is -0.945. The molecule has 3 N–H and O–H groups in total. The number of hydrogen-bond donors (Lipinski definition) is 2. The highest BCUT2D eigenvalue weighted by Crippen LogP contribution is 2.43. The molecule has 1 unspecified atom stereocenters. The molecular formula is C30H36F5N3O4. The number of primary amides is 1. The zero-order valence-corrected chi connectivity index (χ0v) is 23.8. The summed E-state index contributed by atoms with van der Waals surface area (Å²) in [6.45, 7) is 6.49. The van der Waals surface area contributed by atoms with Crippen molar-refractivity contribution in [2.45, 2.75) is 77.2 Å². The number of carboxylic acid groups (broad SMARTS) is 1. The van der Waals surface area contributed by atoms with Crippen molar-refractivity contribution < 1.29 is 41.4 Å². The fourth-order valence-corrected chi connectivity index (χ4v) is 5.69. The van der Waals surface area contributed by atoms with Gasteiger partial charge in [0, 0.05) is 41.7 Å². The second-order valence-electron chi connectivity index (χ2n) is 11.8. The molecule has 12 heteroatoms. The van der Waals surface area contributed by atoms with Gasteiger partial charge in [-0.05, 0) is 61.4 Å². The lowest BCUT2D eigenvalue weighted by Gasteiger charge is -2.40. The van der Waals surface area contributed by atoms with E-state index in [4.69, 9.17) is 15.6 Å². The Kier molecular flexibility index (Phi) is 10.3. The van der Waals surface area contributed by atoms with E-state index < -0.39 is 35.1 Å². The highest BCUT2D eigenvalue weighted by atomic mass is 19.4. The average Bonchev–Trinajstić information content (AvgIpc) is 3.13. The maximum absolute atomic E-state index is 14.4. The normalized spacial score (nSPS) is 20.4. The molecule has 2 aliphatic heterocycles. The molecule has 4 rings (SSSR count). The van der Waals surface area contributed by atoms with Gasteiger partial charge in [0.25, 0.3) is 0 Å². The van der Waals surface area contributed by atoms with Crippen molar-refractivity contribution >= 4 is 17.8 Å². The van der Waals surface area contributed by atoms with Gasteiger partial charge in [-0.15, -0.1) is 0 Å². The second-order valence-corrected chi connectivity index (χ2v) is 11.8. The van der Waals surface area contributed by atoms with Crippen LogP contribution in [0.4, 0.5) is 22.0 Å². The number of amides is 2. The summed E-state index contributed by atoms with van der Waals surface area (Å²) < 4.78 is 60.5. The SMILES string of the molecule is CC(C)(C)C(=O)N(CCN1[C@@H]2CC[C@H]1CC(c1cccc(C(N)=O)c1)C2)Cc1c(F)cccc1F.O=C(O)C(F)(F)F. The predicted molar refractivity (Wildman–Crippen MR) is 145 cm³/mol. The number of halogens is 5. The summed E-state index contributed by atoms with van der Waals surface area (Å²) in [6, 6.07) is 12.2. The van der Waals surface area contributed by atoms with Gasteiger partial charge < -0.3 is 15.7 Å². The van der Waals surface area contributed by atoms with Crippen molar-refractivity contribution in [3.63, 3.8) is 0 Å². The summed E-state index contributed by atoms with van der Waals surface area (Å²) in [7, 11) is 0. The van der Waals surface area contributed by atoms with Gasteiger partial charge in [0.05, 0.1) is 6.54 Å². The average molecular weight is 598 g/mol. The van der Waals surface area contributed by atoms with Crippen molar-refractivity contribution in [2.24, 2.45) is 11.1 Å². The Hall–Kier alpha value is -3.54. The number of benzene rings is 2. The molecule has 0 aromatic heterocycles. The standard InChI is InChI=1S/C28H35F2N3O2.C2HF3O2/c1-28(2,3)27(35)32(17-23-24(29)8-5-9-25(23)30)12-13-33-21-10-11-22(33)16-20(15-21)18-6-4-7-19(14-18)26(31)34;3-2(4,5)1(6)7/h4-9,14,20-22H,10-13,15-17H2,1-3H3,(H2,31,34);(H,6,7)/t20?,21-,22+;. The van der Waals surface area contributed by atoms with Crippen molar-refractivity contribution in [2.75, 3.05) is 13.1 Å². The first-order chi connectivity index (χ1) is 19.5. The number of alkyl halides is 3. The Balaban J connectivity index is 0.000000616. The molecule has 2 bridgehead atoms. The molecule has 2 amide bonds. The van der Waals surface area contributed by atoms with Gasteiger partial charge in [0.1, 0.15) is 11.6 Å². The molecule has 2 heterocycles. The third kappa shape index (κ3) is 8.27. The summed E-state index contributed by atoms with van der Waals surface area (Å²) in [5.74, 6) is -4.19. The zero-order valence-electron chi connectivity index (χ0n) is 23.8. The number of carbonyl (C=O) groups is 3. The summed E-state index contributed by atoms with van der Waals surface area (Å²) in [5.41, 5.74) is 6.44. The highest BCUT2D eigenvalue weighted by Gasteiger charge is 2.41. The lowest BCUT2D eigenvalue weighted by atomic mass is 9.84. The largest absolute Gasteiger partial charge is 0.490 e. The van der Waals surface area contributed by atoms with E-state index >= 15 is 0 Å². The maximum atomic E-state index is 14.4. The molecule has 42 heavy (non-hydrogen) atoms. The Labute approximate surface area is 241 Å². The molecule has 2 aromatic carbocycles. The first-order valence-corrected chi connectivity index (χ1v) is 13.7. The third-order valence-corrected chi connectivity index (χ3v) is 7.74. The van der Waals surface area contributed by atoms with Crippen LogP contribution in [0.2, 0.25) is 0 Å². The topological polar surface area (TPSA) is 104 Å². The molecule has 7 nitrogen and oxygen atoms in total. The van der Waals surface area contributed by atoms with E-state index in [0.717, 1.165) is 31.2 Å². The first-order valence-electron chi connectivity index (χ1n) is 13.7. The van der Waals surface area contributed by atoms with Crippen molar-refractivity contribution in [3.8, 4) is 0 Å². The number of piperidine rings is 1. The number of fused-ring (bicyclic) bond motifs is 2. The molecule has 230 valence electrons. The lowest BCUT2D eigenvalue weighted by Crippen LogP contribution is -2.48. The van der Waals surface area contributed by atoms with Crippen LogP contribution in [0.25, 0.3) is 0 Å². The summed E-state index contributed by atoms with van der Waals surface area (Å²) >= 11 is 0. The van der Waals surface area contributed by atoms with Crippen LogP contribution in [0, 0.1) is 17.0 Å². The first kappa shape index (κ1) is 33.0. The van der Waals surface area contributed by atoms with Gasteiger partial charge in [-0.3, -0.25) is 14.5 Å². The monoisotopic (exact) mass is 597 g/mol. The zero-order chi connectivity index (χ0) is 31.4. The minimum atomic E-state index is -5.08. The van der Waals surface area contributed by atoms with Crippen LogP contribution >= 0.6 is 0 Å². The Morgan fingerprint density at radius 3 is 1.98 bits per heavy atom. The highest BCUT2D eigenvalue weighted by molar-refractivity contribution is 5.92. The number of nitrogens with two attached hydrogens (primary N) is 1. The number of carboxylic acids is 1. The molecule has 0 spiro atoms. The van der Waals surface area contributed by atoms with Crippen molar-refractivity contribution in [3.05, 3.63) is 70.8 Å². The Morgan fingerprint density at radius 1 is 0.976 bits per heavy atom. The van der Waals surface area contributed by atoms with E-state index in [1.54, 1.807) is 11.0 Å². The fourth-order valence-electron chi connectivity index (χ4n) is 5.69. The van der Waals surface area contributed by atoms with E-state index in [1.165, 1.54) is 18.2 Å². The molecule has 0 radical (unpaired) electrons. The van der Waals surface area contributed by atoms with Crippen LogP contribution < -0.4 is 5.73 Å². The maximum Gasteiger partial charge on any atom is 0.490 e. The van der Waals surface area contributed by atoms with Gasteiger partial charge in [-0.1, -0.05) is 39.0 Å². The minimum absolute atomic E-state index is 0.0684. The number of aliphatic carboxylic acids is 1. The van der Waals surface area contributed by atoms with Crippen LogP contribution in [0.15, 0.2) is 42.5 Å². The van der Waals surface area contributed by atoms with Crippen LogP contribution in [-0.2, 0) is 16.1 Å². The molecule has 2 saturated heterocycles. The molecule has 2 aliphatic rings. The third-order valence-electron chi connectivity index (χ3n) is 7.74. The molecule has 2 aromatic rings. The number of rotatable bonds is 7. The van der Waals surface area contributed by atoms with Gasteiger partial charge in [0.15, 0.2) is 0 Å². The predicted octanol–water partition coefficient (Wildman–Crippen LogP) is 5.48. The number of carbonyl (C=O) groups excluding carboxylic acids is 2. The van der Waals surface area contributed by atoms with E-state index in [0.29, 0.717) is 36.7 Å². The smallest absolute Gasteiger partial charge is 0.475 e. The van der Waals surface area contributed by atoms with Crippen molar-refractivity contribution in [1.29, 1.82) is 0 Å². The molecule has 3 atom stereocenters. The fraction of sp³-hybridized carbons (Fsp3) is 0.500. The van der Waals surface area contributed by atoms with Gasteiger partial charge in [-0.25, -0.2) is 13.6 Å². The summed E-state index contributed by atoms with van der Waals surface area (Å²) in [5, 5.41) is 7.12. The number of nitrogens with zero attached hydrogens (tertiary/aromatic N) is 2. The van der Waals surface area contributed by atoms with E-state index in [2.05, 4.69) is 11.0 Å². The second kappa shape index (κ2) is 13.2. The lowest BCUT2D eigenvalue weighted by molar-refractivity contribution is -0.192. The van der Waals surface area contributed by atoms with Crippen LogP contribution in [0.5, 0.6) is 0 Å². The number of hydrogen-bond acceptors (Lipinski definition) is 4. The molecule has 0 aliphatic carbocycles. The van der Waals surface area contributed by atoms with E-state index in [-0.39, 0.29) is 18.0 Å². The molecular weight excluding hydrogens is 561 g/mol. The van der Waals surface area contributed by atoms with Gasteiger partial charge in [0.2, 0.25) is 11.8 Å². The van der Waals surface area contributed by atoms with Crippen molar-refractivity contribution in [1.82, 2.24) is 9.80 Å². The minimum Gasteiger partial charge on any atom is -0.475 e. The van der Waals surface area contributed by atoms with E-state index in [9.17, 15) is 31.5 Å². The van der Waals surface area contributed by atoms with Crippen LogP contribution in [0.3, 0.4) is 0 Å². The van der Waals surface area contributed by atoms with Crippen LogP contribution in [-0.4, -0.2) is 64.0 Å².